The molecule has 2 aliphatic carbocycles. The fraction of sp³-hybridized carbons (Fsp3) is 0.565. The van der Waals surface area contributed by atoms with Crippen molar-refractivity contribution in [2.75, 3.05) is 52.4 Å². The number of amides is 1. The molecule has 13 heteroatoms. The van der Waals surface area contributed by atoms with Gasteiger partial charge in [0.05, 0.1) is 33.1 Å². The van der Waals surface area contributed by atoms with E-state index >= 15 is 4.79 Å². The van der Waals surface area contributed by atoms with Crippen LogP contribution in [0.1, 0.15) is 75.3 Å². The standard InChI is InChI=1S/C46H54N4O9/c1-7-26-15-27-19-45(41(53)57-5,37-30(23-48(20-26)21-27)29-11-9-10-12-34(29)47-37)33-17-32-35(18-36(33)56-4)50(24-51)39-44(32)13-14-49-22-28-16-31(28)43(8-2,38(44)49)40(59-25(3)52)46(39,55)42(54)58-6/h9-12,15,17-18,24,27-28,31,38-40,47,55H,7-8,13-14,16,19-23H2,1-6H3/t27-,28+,31+,38-,39+,40+,43+,44+,45-,46-/m0/s1. The average Bonchev–Trinajstić information content (AvgIpc) is 3.69. The lowest BCUT2D eigenvalue weighted by Crippen LogP contribution is -2.82. The smallest absolute Gasteiger partial charge is 0.344 e. The van der Waals surface area contributed by atoms with Gasteiger partial charge in [-0.3, -0.25) is 24.2 Å². The van der Waals surface area contributed by atoms with Gasteiger partial charge in [0.1, 0.15) is 11.2 Å². The Bertz CT molecular complexity index is 2340. The van der Waals surface area contributed by atoms with Crippen molar-refractivity contribution in [1.82, 2.24) is 14.8 Å². The van der Waals surface area contributed by atoms with Crippen molar-refractivity contribution in [3.8, 4) is 5.75 Å². The molecule has 5 aliphatic heterocycles. The molecule has 1 aromatic heterocycles. The van der Waals surface area contributed by atoms with E-state index in [9.17, 15) is 19.5 Å². The lowest BCUT2D eigenvalue weighted by molar-refractivity contribution is -0.245. The second-order valence-electron chi connectivity index (χ2n) is 18.3. The zero-order valence-corrected chi connectivity index (χ0v) is 34.7. The fourth-order valence-electron chi connectivity index (χ4n) is 14.1. The van der Waals surface area contributed by atoms with Gasteiger partial charge in [-0.1, -0.05) is 43.7 Å². The first-order valence-corrected chi connectivity index (χ1v) is 21.2. The molecule has 0 radical (unpaired) electrons. The molecule has 2 bridgehead atoms. The van der Waals surface area contributed by atoms with Gasteiger partial charge < -0.3 is 33.9 Å². The maximum atomic E-state index is 15.2. The van der Waals surface area contributed by atoms with Crippen LogP contribution in [0, 0.1) is 23.2 Å². The van der Waals surface area contributed by atoms with E-state index in [1.54, 1.807) is 13.2 Å². The maximum absolute atomic E-state index is 15.2. The molecule has 10 rings (SSSR count). The van der Waals surface area contributed by atoms with E-state index in [1.165, 1.54) is 31.6 Å². The predicted octanol–water partition coefficient (Wildman–Crippen LogP) is 4.36. The molecule has 1 unspecified atom stereocenters. The van der Waals surface area contributed by atoms with Crippen molar-refractivity contribution in [2.24, 2.45) is 23.2 Å². The Kier molecular flexibility index (Phi) is 8.57. The van der Waals surface area contributed by atoms with Crippen LogP contribution in [0.3, 0.4) is 0 Å². The molecule has 11 atom stereocenters. The molecule has 13 nitrogen and oxygen atoms in total. The summed E-state index contributed by atoms with van der Waals surface area (Å²) in [5, 5.41) is 14.5. The second kappa shape index (κ2) is 13.1. The van der Waals surface area contributed by atoms with E-state index in [0.717, 1.165) is 60.2 Å². The molecule has 312 valence electrons. The van der Waals surface area contributed by atoms with Crippen LogP contribution < -0.4 is 9.64 Å². The number of aliphatic hydroxyl groups is 1. The molecule has 2 aromatic carbocycles. The van der Waals surface area contributed by atoms with Crippen molar-refractivity contribution < 1.29 is 43.2 Å². The predicted molar refractivity (Wildman–Crippen MR) is 217 cm³/mol. The largest absolute Gasteiger partial charge is 0.496 e. The summed E-state index contributed by atoms with van der Waals surface area (Å²) in [5.74, 6) is -1.30. The molecule has 6 heterocycles. The van der Waals surface area contributed by atoms with Gasteiger partial charge in [0.25, 0.3) is 0 Å². The van der Waals surface area contributed by atoms with Crippen molar-refractivity contribution >= 4 is 40.9 Å². The maximum Gasteiger partial charge on any atom is 0.344 e. The fourth-order valence-corrected chi connectivity index (χ4v) is 14.1. The number of benzene rings is 2. The van der Waals surface area contributed by atoms with Crippen molar-refractivity contribution in [3.05, 3.63) is 70.4 Å². The number of rotatable bonds is 8. The Balaban J connectivity index is 1.30. The highest BCUT2D eigenvalue weighted by Gasteiger charge is 2.85. The lowest BCUT2D eigenvalue weighted by atomic mass is 9.46. The van der Waals surface area contributed by atoms with Gasteiger partial charge >= 0.3 is 17.9 Å². The lowest BCUT2D eigenvalue weighted by Gasteiger charge is -2.64. The normalized spacial score (nSPS) is 37.4. The first kappa shape index (κ1) is 38.5. The number of esters is 3. The summed E-state index contributed by atoms with van der Waals surface area (Å²) in [4.78, 5) is 66.7. The Morgan fingerprint density at radius 3 is 2.47 bits per heavy atom. The number of fused-ring (bicyclic) bond motifs is 8. The number of para-hydroxylation sites is 1. The number of carbonyl (C=O) groups is 4. The number of methoxy groups -OCH3 is 3. The number of hydrogen-bond donors (Lipinski definition) is 2. The number of ether oxygens (including phenoxy) is 4. The summed E-state index contributed by atoms with van der Waals surface area (Å²) < 4.78 is 23.9. The van der Waals surface area contributed by atoms with Crippen LogP contribution in [0.15, 0.2) is 48.0 Å². The second-order valence-corrected chi connectivity index (χ2v) is 18.3. The summed E-state index contributed by atoms with van der Waals surface area (Å²) in [6.07, 6.45) is 4.85. The van der Waals surface area contributed by atoms with Crippen molar-refractivity contribution in [1.29, 1.82) is 0 Å². The van der Waals surface area contributed by atoms with Crippen LogP contribution in [0.25, 0.3) is 10.9 Å². The molecule has 1 spiro atoms. The molecule has 7 aliphatic rings. The van der Waals surface area contributed by atoms with Gasteiger partial charge in [0, 0.05) is 78.2 Å². The Hall–Kier alpha value is -4.72. The number of aromatic amines is 1. The zero-order valence-electron chi connectivity index (χ0n) is 34.7. The SMILES string of the molecule is CCC1=C[C@@H]2CN(C1)Cc1c([nH]c3ccccc13)[C@@](C(=O)OC)(c1cc3c(cc1OC)N(C=O)[C@H]1[C@@](O)(C(=O)OC)[C@H](OC(C)=O)[C@]4(CC)[C@@H]5C[C@@H]5CN5CC[C@]31[C@@H]54)C2. The molecule has 2 saturated heterocycles. The Morgan fingerprint density at radius 2 is 1.78 bits per heavy atom. The van der Waals surface area contributed by atoms with E-state index < -0.39 is 51.9 Å². The number of anilines is 1. The quantitative estimate of drug-likeness (QED) is 0.145. The molecular formula is C46H54N4O9. The van der Waals surface area contributed by atoms with Crippen LogP contribution in [0.5, 0.6) is 5.75 Å². The topological polar surface area (TPSA) is 151 Å². The highest BCUT2D eigenvalue weighted by Crippen LogP contribution is 2.74. The molecule has 3 aromatic rings. The van der Waals surface area contributed by atoms with E-state index in [1.807, 2.05) is 24.3 Å². The van der Waals surface area contributed by atoms with E-state index in [4.69, 9.17) is 18.9 Å². The Labute approximate surface area is 344 Å². The number of carbonyl (C=O) groups excluding carboxylic acids is 4. The highest BCUT2D eigenvalue weighted by molar-refractivity contribution is 5.96. The summed E-state index contributed by atoms with van der Waals surface area (Å²) >= 11 is 0. The highest BCUT2D eigenvalue weighted by atomic mass is 16.6. The van der Waals surface area contributed by atoms with Crippen LogP contribution in [-0.4, -0.2) is 116 Å². The number of H-pyrrole nitrogens is 1. The molecule has 4 fully saturated rings. The molecular weight excluding hydrogens is 753 g/mol. The minimum atomic E-state index is -2.45. The third kappa shape index (κ3) is 4.72. The van der Waals surface area contributed by atoms with E-state index in [-0.39, 0.29) is 17.9 Å². The van der Waals surface area contributed by atoms with Crippen molar-refractivity contribution in [3.63, 3.8) is 0 Å². The number of hydrogen-bond acceptors (Lipinski definition) is 11. The zero-order chi connectivity index (χ0) is 41.4. The average molecular weight is 807 g/mol. The number of aromatic nitrogens is 1. The number of nitrogens with zero attached hydrogens (tertiary/aromatic N) is 3. The van der Waals surface area contributed by atoms with Gasteiger partial charge in [-0.05, 0) is 79.7 Å². The summed E-state index contributed by atoms with van der Waals surface area (Å²) in [5.41, 5.74) is 0.0333. The minimum absolute atomic E-state index is 0.0175. The van der Waals surface area contributed by atoms with E-state index in [2.05, 4.69) is 40.8 Å². The van der Waals surface area contributed by atoms with Gasteiger partial charge in [-0.15, -0.1) is 0 Å². The Morgan fingerprint density at radius 1 is 1.00 bits per heavy atom. The molecule has 1 amide bonds. The monoisotopic (exact) mass is 806 g/mol. The van der Waals surface area contributed by atoms with Crippen LogP contribution in [0.4, 0.5) is 5.69 Å². The first-order chi connectivity index (χ1) is 28.4. The molecule has 2 N–H and O–H groups in total. The number of piperidine rings is 1. The summed E-state index contributed by atoms with van der Waals surface area (Å²) in [6, 6.07) is 10.4. The molecule has 59 heavy (non-hydrogen) atoms. The van der Waals surface area contributed by atoms with Crippen molar-refractivity contribution in [2.45, 2.75) is 94.0 Å². The van der Waals surface area contributed by atoms with Gasteiger partial charge in [-0.25, -0.2) is 4.79 Å². The minimum Gasteiger partial charge on any atom is -0.496 e. The van der Waals surface area contributed by atoms with Crippen LogP contribution in [0.2, 0.25) is 0 Å². The van der Waals surface area contributed by atoms with Gasteiger partial charge in [0.2, 0.25) is 12.0 Å². The van der Waals surface area contributed by atoms with Crippen LogP contribution >= 0.6 is 0 Å². The first-order valence-electron chi connectivity index (χ1n) is 21.2. The van der Waals surface area contributed by atoms with Crippen LogP contribution in [-0.2, 0) is 50.8 Å². The third-order valence-corrected chi connectivity index (χ3v) is 16.0. The van der Waals surface area contributed by atoms with E-state index in [0.29, 0.717) is 61.7 Å². The third-order valence-electron chi connectivity index (χ3n) is 16.0. The summed E-state index contributed by atoms with van der Waals surface area (Å²) in [7, 11) is 4.21. The number of nitrogens with one attached hydrogen (secondary N) is 1. The van der Waals surface area contributed by atoms with Gasteiger partial charge in [0.15, 0.2) is 6.10 Å². The molecule has 2 saturated carbocycles. The van der Waals surface area contributed by atoms with Gasteiger partial charge in [-0.2, -0.15) is 0 Å². The summed E-state index contributed by atoms with van der Waals surface area (Å²) in [6.45, 7) is 9.20.